The molecule has 1 N–H and O–H groups in total. The monoisotopic (exact) mass is 345 g/mol. The lowest BCUT2D eigenvalue weighted by molar-refractivity contribution is -0.385. The first-order valence-corrected chi connectivity index (χ1v) is 7.46. The van der Waals surface area contributed by atoms with Gasteiger partial charge in [-0.2, -0.15) is 0 Å². The summed E-state index contributed by atoms with van der Waals surface area (Å²) in [5, 5.41) is 25.2. The van der Waals surface area contributed by atoms with Crippen molar-refractivity contribution in [1.29, 1.82) is 0 Å². The van der Waals surface area contributed by atoms with E-state index >= 15 is 0 Å². The predicted molar refractivity (Wildman–Crippen MR) is 88.5 cm³/mol. The fourth-order valence-electron chi connectivity index (χ4n) is 2.72. The van der Waals surface area contributed by atoms with Crippen LogP contribution in [0.2, 0.25) is 0 Å². The molecule has 9 heteroatoms. The van der Waals surface area contributed by atoms with Gasteiger partial charge >= 0.3 is 0 Å². The fraction of sp³-hybridized carbons (Fsp3) is 0.250. The Hall–Kier alpha value is -3.20. The second-order valence-electron chi connectivity index (χ2n) is 5.52. The first-order chi connectivity index (χ1) is 12.0. The Kier molecular flexibility index (Phi) is 4.48. The summed E-state index contributed by atoms with van der Waals surface area (Å²) in [5.74, 6) is 0.549. The van der Waals surface area contributed by atoms with Crippen LogP contribution in [0.5, 0.6) is 5.75 Å². The van der Waals surface area contributed by atoms with Crippen molar-refractivity contribution in [2.45, 2.75) is 20.1 Å². The summed E-state index contributed by atoms with van der Waals surface area (Å²) in [4.78, 5) is 21.2. The lowest BCUT2D eigenvalue weighted by Crippen LogP contribution is -2.15. The molecule has 0 saturated carbocycles. The molecule has 1 heterocycles. The van der Waals surface area contributed by atoms with Crippen molar-refractivity contribution in [1.82, 2.24) is 0 Å². The van der Waals surface area contributed by atoms with Crippen LogP contribution in [-0.2, 0) is 17.9 Å². The molecule has 0 atom stereocenters. The maximum Gasteiger partial charge on any atom is 0.274 e. The van der Waals surface area contributed by atoms with Crippen LogP contribution < -0.4 is 10.1 Å². The average molecular weight is 345 g/mol. The number of hydrogen-bond donors (Lipinski definition) is 1. The second-order valence-corrected chi connectivity index (χ2v) is 5.52. The zero-order valence-corrected chi connectivity index (χ0v) is 13.4. The van der Waals surface area contributed by atoms with Gasteiger partial charge in [0.15, 0.2) is 6.79 Å². The maximum absolute atomic E-state index is 11.1. The highest BCUT2D eigenvalue weighted by Crippen LogP contribution is 2.33. The van der Waals surface area contributed by atoms with Crippen molar-refractivity contribution >= 4 is 17.1 Å². The maximum atomic E-state index is 11.1. The van der Waals surface area contributed by atoms with E-state index in [2.05, 4.69) is 5.32 Å². The zero-order chi connectivity index (χ0) is 18.0. The summed E-state index contributed by atoms with van der Waals surface area (Å²) < 4.78 is 10.6. The van der Waals surface area contributed by atoms with Gasteiger partial charge in [0, 0.05) is 47.1 Å². The number of nitro benzene ring substituents is 2. The molecular formula is C16H15N3O6. The highest BCUT2D eigenvalue weighted by atomic mass is 16.7. The van der Waals surface area contributed by atoms with Crippen LogP contribution in [0.15, 0.2) is 30.3 Å². The van der Waals surface area contributed by atoms with Gasteiger partial charge in [-0.25, -0.2) is 0 Å². The number of hydrogen-bond acceptors (Lipinski definition) is 7. The molecule has 0 aliphatic carbocycles. The summed E-state index contributed by atoms with van der Waals surface area (Å²) in [6.45, 7) is 2.19. The second kappa shape index (κ2) is 6.73. The van der Waals surface area contributed by atoms with Crippen molar-refractivity contribution in [2.24, 2.45) is 0 Å². The highest BCUT2D eigenvalue weighted by Gasteiger charge is 2.21. The third-order valence-electron chi connectivity index (χ3n) is 3.95. The normalized spacial score (nSPS) is 12.8. The highest BCUT2D eigenvalue weighted by molar-refractivity contribution is 5.60. The molecule has 2 aromatic carbocycles. The molecule has 0 bridgehead atoms. The van der Waals surface area contributed by atoms with Gasteiger partial charge in [0.25, 0.3) is 11.4 Å². The van der Waals surface area contributed by atoms with Crippen molar-refractivity contribution in [3.05, 3.63) is 67.3 Å². The summed E-state index contributed by atoms with van der Waals surface area (Å²) in [5.41, 5.74) is 2.24. The Balaban J connectivity index is 1.91. The van der Waals surface area contributed by atoms with Gasteiger partial charge in [-0.1, -0.05) is 6.07 Å². The molecule has 0 fully saturated rings. The van der Waals surface area contributed by atoms with Gasteiger partial charge in [0.05, 0.1) is 16.5 Å². The SMILES string of the molecule is Cc1c(NCc2cc([N+](=O)[O-])cc3c2OCOC3)cccc1[N+](=O)[O-]. The van der Waals surface area contributed by atoms with E-state index in [4.69, 9.17) is 9.47 Å². The summed E-state index contributed by atoms with van der Waals surface area (Å²) in [7, 11) is 0. The van der Waals surface area contributed by atoms with Crippen LogP contribution in [0.4, 0.5) is 17.1 Å². The number of anilines is 1. The Morgan fingerprint density at radius 1 is 1.20 bits per heavy atom. The zero-order valence-electron chi connectivity index (χ0n) is 13.4. The minimum atomic E-state index is -0.475. The van der Waals surface area contributed by atoms with E-state index in [-0.39, 0.29) is 31.3 Å². The third-order valence-corrected chi connectivity index (χ3v) is 3.95. The molecule has 25 heavy (non-hydrogen) atoms. The van der Waals surface area contributed by atoms with Crippen molar-refractivity contribution in [2.75, 3.05) is 12.1 Å². The van der Waals surface area contributed by atoms with Gasteiger partial charge in [0.2, 0.25) is 0 Å². The molecule has 0 aromatic heterocycles. The molecule has 1 aliphatic rings. The molecule has 130 valence electrons. The Morgan fingerprint density at radius 2 is 2.00 bits per heavy atom. The number of ether oxygens (including phenoxy) is 2. The van der Waals surface area contributed by atoms with E-state index in [1.165, 1.54) is 18.2 Å². The molecule has 0 amide bonds. The van der Waals surface area contributed by atoms with Crippen LogP contribution in [-0.4, -0.2) is 16.6 Å². The van der Waals surface area contributed by atoms with E-state index in [9.17, 15) is 20.2 Å². The predicted octanol–water partition coefficient (Wildman–Crippen LogP) is 3.29. The molecule has 0 saturated heterocycles. The number of benzene rings is 2. The first kappa shape index (κ1) is 16.7. The molecule has 0 spiro atoms. The minimum absolute atomic E-state index is 0.00993. The van der Waals surface area contributed by atoms with Crippen LogP contribution >= 0.6 is 0 Å². The Bertz CT molecular complexity index is 852. The van der Waals surface area contributed by atoms with E-state index in [1.54, 1.807) is 19.1 Å². The molecule has 0 radical (unpaired) electrons. The van der Waals surface area contributed by atoms with E-state index in [1.807, 2.05) is 0 Å². The Labute approximate surface area is 142 Å². The van der Waals surface area contributed by atoms with E-state index in [0.29, 0.717) is 28.1 Å². The number of nitro groups is 2. The number of fused-ring (bicyclic) bond motifs is 1. The van der Waals surface area contributed by atoms with Gasteiger partial charge in [-0.15, -0.1) is 0 Å². The quantitative estimate of drug-likeness (QED) is 0.652. The largest absolute Gasteiger partial charge is 0.467 e. The Morgan fingerprint density at radius 3 is 2.72 bits per heavy atom. The number of nitrogens with zero attached hydrogens (tertiary/aromatic N) is 2. The topological polar surface area (TPSA) is 117 Å². The summed E-state index contributed by atoms with van der Waals surface area (Å²) in [6, 6.07) is 7.59. The van der Waals surface area contributed by atoms with Gasteiger partial charge in [-0.05, 0) is 13.0 Å². The summed E-state index contributed by atoms with van der Waals surface area (Å²) in [6.07, 6.45) is 0. The molecular weight excluding hydrogens is 330 g/mol. The molecule has 2 aromatic rings. The standard InChI is InChI=1S/C16H15N3O6/c1-10-14(3-2-4-15(10)19(22)23)17-7-11-5-13(18(20)21)6-12-8-24-9-25-16(11)12/h2-6,17H,7-9H2,1H3. The van der Waals surface area contributed by atoms with Gasteiger partial charge in [0.1, 0.15) is 5.75 Å². The van der Waals surface area contributed by atoms with Crippen molar-refractivity contribution in [3.63, 3.8) is 0 Å². The first-order valence-electron chi connectivity index (χ1n) is 7.46. The smallest absolute Gasteiger partial charge is 0.274 e. The van der Waals surface area contributed by atoms with E-state index < -0.39 is 9.85 Å². The number of rotatable bonds is 5. The number of non-ortho nitro benzene ring substituents is 1. The third kappa shape index (κ3) is 3.36. The van der Waals surface area contributed by atoms with Crippen LogP contribution in [0.25, 0.3) is 0 Å². The lowest BCUT2D eigenvalue weighted by Gasteiger charge is -2.21. The van der Waals surface area contributed by atoms with Gasteiger partial charge < -0.3 is 14.8 Å². The fourth-order valence-corrected chi connectivity index (χ4v) is 2.72. The van der Waals surface area contributed by atoms with Crippen LogP contribution in [0.3, 0.4) is 0 Å². The van der Waals surface area contributed by atoms with Crippen LogP contribution in [0, 0.1) is 27.2 Å². The molecule has 9 nitrogen and oxygen atoms in total. The lowest BCUT2D eigenvalue weighted by atomic mass is 10.1. The van der Waals surface area contributed by atoms with Gasteiger partial charge in [-0.3, -0.25) is 20.2 Å². The number of nitrogens with one attached hydrogen (secondary N) is 1. The average Bonchev–Trinajstić information content (AvgIpc) is 2.60. The summed E-state index contributed by atoms with van der Waals surface area (Å²) >= 11 is 0. The van der Waals surface area contributed by atoms with Crippen LogP contribution in [0.1, 0.15) is 16.7 Å². The molecule has 3 rings (SSSR count). The molecule has 1 aliphatic heterocycles. The van der Waals surface area contributed by atoms with Crippen molar-refractivity contribution < 1.29 is 19.3 Å². The van der Waals surface area contributed by atoms with E-state index in [0.717, 1.165) is 0 Å². The molecule has 0 unspecified atom stereocenters. The van der Waals surface area contributed by atoms with Crippen molar-refractivity contribution in [3.8, 4) is 5.75 Å². The minimum Gasteiger partial charge on any atom is -0.467 e.